The maximum atomic E-state index is 14.1. The summed E-state index contributed by atoms with van der Waals surface area (Å²) >= 11 is 5.90. The number of halogens is 2. The van der Waals surface area contributed by atoms with Gasteiger partial charge in [-0.05, 0) is 43.2 Å². The van der Waals surface area contributed by atoms with Gasteiger partial charge < -0.3 is 10.6 Å². The number of para-hydroxylation sites is 1. The predicted molar refractivity (Wildman–Crippen MR) is 90.7 cm³/mol. The number of nitrogens with zero attached hydrogens (tertiary/aromatic N) is 1. The molecule has 2 aromatic carbocycles. The number of amides is 2. The van der Waals surface area contributed by atoms with Gasteiger partial charge >= 0.3 is 0 Å². The fourth-order valence-corrected chi connectivity index (χ4v) is 3.35. The highest BCUT2D eigenvalue weighted by Gasteiger charge is 2.36. The Hall–Kier alpha value is -2.40. The molecule has 1 aliphatic rings. The van der Waals surface area contributed by atoms with E-state index in [1.54, 1.807) is 24.3 Å². The molecular weight excluding hydrogens is 331 g/mol. The smallest absolute Gasteiger partial charge is 0.261 e. The number of hydrogen-bond acceptors (Lipinski definition) is 2. The highest BCUT2D eigenvalue weighted by atomic mass is 35.5. The van der Waals surface area contributed by atoms with Crippen LogP contribution in [0, 0.1) is 5.82 Å². The molecular formula is C18H16ClFN2O2. The van der Waals surface area contributed by atoms with Crippen LogP contribution in [-0.4, -0.2) is 17.9 Å². The summed E-state index contributed by atoms with van der Waals surface area (Å²) in [6.07, 6.45) is 0.389. The number of benzene rings is 2. The quantitative estimate of drug-likeness (QED) is 0.904. The maximum absolute atomic E-state index is 14.1. The lowest BCUT2D eigenvalue weighted by Gasteiger charge is -2.38. The first-order chi connectivity index (χ1) is 11.4. The standard InChI is InChI=1S/C18H16ClFN2O2/c1-10-8-13(17(21)23)12-4-2-3-5-16(12)22(10)18(24)14-9-11(19)6-7-15(14)20/h2-7,9-10,13H,8H2,1H3,(H2,21,23). The molecule has 1 heterocycles. The van der Waals surface area contributed by atoms with Crippen molar-refractivity contribution in [2.75, 3.05) is 4.90 Å². The van der Waals surface area contributed by atoms with Crippen LogP contribution >= 0.6 is 11.6 Å². The van der Waals surface area contributed by atoms with E-state index < -0.39 is 23.5 Å². The molecule has 3 rings (SSSR count). The Morgan fingerprint density at radius 2 is 1.96 bits per heavy atom. The SMILES string of the molecule is CC1CC(C(N)=O)c2ccccc2N1C(=O)c1cc(Cl)ccc1F. The average Bonchev–Trinajstić information content (AvgIpc) is 2.55. The van der Waals surface area contributed by atoms with Gasteiger partial charge in [-0.15, -0.1) is 0 Å². The lowest BCUT2D eigenvalue weighted by Crippen LogP contribution is -2.45. The summed E-state index contributed by atoms with van der Waals surface area (Å²) in [5, 5.41) is 0.285. The van der Waals surface area contributed by atoms with Crippen molar-refractivity contribution in [3.05, 3.63) is 64.4 Å². The maximum Gasteiger partial charge on any atom is 0.261 e. The molecule has 6 heteroatoms. The van der Waals surface area contributed by atoms with Gasteiger partial charge in [-0.3, -0.25) is 9.59 Å². The summed E-state index contributed by atoms with van der Waals surface area (Å²) in [6.45, 7) is 1.81. The first-order valence-corrected chi connectivity index (χ1v) is 7.94. The fourth-order valence-electron chi connectivity index (χ4n) is 3.18. The van der Waals surface area contributed by atoms with Crippen LogP contribution in [0.25, 0.3) is 0 Å². The topological polar surface area (TPSA) is 63.4 Å². The number of nitrogens with two attached hydrogens (primary N) is 1. The number of carbonyl (C=O) groups excluding carboxylic acids is 2. The summed E-state index contributed by atoms with van der Waals surface area (Å²) in [6, 6.07) is 10.6. The minimum atomic E-state index is -0.633. The minimum Gasteiger partial charge on any atom is -0.369 e. The van der Waals surface area contributed by atoms with E-state index in [0.717, 1.165) is 0 Å². The number of fused-ring (bicyclic) bond motifs is 1. The zero-order valence-corrected chi connectivity index (χ0v) is 13.8. The molecule has 24 heavy (non-hydrogen) atoms. The second-order valence-corrected chi connectivity index (χ2v) is 6.33. The number of carbonyl (C=O) groups is 2. The van der Waals surface area contributed by atoms with Crippen LogP contribution in [0.3, 0.4) is 0 Å². The molecule has 2 amide bonds. The summed E-state index contributed by atoms with van der Waals surface area (Å²) in [4.78, 5) is 26.2. The molecule has 0 radical (unpaired) electrons. The van der Waals surface area contributed by atoms with Crippen LogP contribution in [0.15, 0.2) is 42.5 Å². The third kappa shape index (κ3) is 2.76. The van der Waals surface area contributed by atoms with Crippen LogP contribution < -0.4 is 10.6 Å². The molecule has 2 aromatic rings. The molecule has 2 unspecified atom stereocenters. The van der Waals surface area contributed by atoms with Crippen LogP contribution in [0.5, 0.6) is 0 Å². The van der Waals surface area contributed by atoms with Gasteiger partial charge in [0, 0.05) is 16.8 Å². The first-order valence-electron chi connectivity index (χ1n) is 7.57. The third-order valence-corrected chi connectivity index (χ3v) is 4.55. The number of anilines is 1. The molecule has 0 bridgehead atoms. The summed E-state index contributed by atoms with van der Waals surface area (Å²) < 4.78 is 14.1. The number of hydrogen-bond donors (Lipinski definition) is 1. The van der Waals surface area contributed by atoms with Gasteiger partial charge in [0.2, 0.25) is 5.91 Å². The molecule has 4 nitrogen and oxygen atoms in total. The first kappa shape index (κ1) is 16.5. The van der Waals surface area contributed by atoms with Crippen molar-refractivity contribution >= 4 is 29.1 Å². The van der Waals surface area contributed by atoms with Crippen LogP contribution in [0.4, 0.5) is 10.1 Å². The van der Waals surface area contributed by atoms with Crippen LogP contribution in [0.1, 0.15) is 35.2 Å². The van der Waals surface area contributed by atoms with Crippen molar-refractivity contribution in [3.8, 4) is 0 Å². The third-order valence-electron chi connectivity index (χ3n) is 4.31. The summed E-state index contributed by atoms with van der Waals surface area (Å²) in [5.74, 6) is -2.02. The van der Waals surface area contributed by atoms with Gasteiger partial charge in [0.05, 0.1) is 11.5 Å². The van der Waals surface area contributed by atoms with Gasteiger partial charge in [0.1, 0.15) is 5.82 Å². The second kappa shape index (κ2) is 6.24. The molecule has 1 aliphatic heterocycles. The molecule has 0 aromatic heterocycles. The van der Waals surface area contributed by atoms with Crippen molar-refractivity contribution in [2.24, 2.45) is 5.73 Å². The fraction of sp³-hybridized carbons (Fsp3) is 0.222. The Bertz CT molecular complexity index is 824. The minimum absolute atomic E-state index is 0.0957. The van der Waals surface area contributed by atoms with Crippen LogP contribution in [0.2, 0.25) is 5.02 Å². The van der Waals surface area contributed by atoms with Gasteiger partial charge in [0.25, 0.3) is 5.91 Å². The zero-order valence-electron chi connectivity index (χ0n) is 13.0. The van der Waals surface area contributed by atoms with Crippen molar-refractivity contribution in [1.29, 1.82) is 0 Å². The molecule has 0 fully saturated rings. The van der Waals surface area contributed by atoms with Crippen LogP contribution in [-0.2, 0) is 4.79 Å². The Balaban J connectivity index is 2.10. The Kier molecular flexibility index (Phi) is 4.28. The summed E-state index contributed by atoms with van der Waals surface area (Å²) in [7, 11) is 0. The second-order valence-electron chi connectivity index (χ2n) is 5.90. The average molecular weight is 347 g/mol. The number of rotatable bonds is 2. The van der Waals surface area contributed by atoms with E-state index in [1.807, 2.05) is 6.92 Å². The number of primary amides is 1. The largest absolute Gasteiger partial charge is 0.369 e. The van der Waals surface area contributed by atoms with E-state index in [4.69, 9.17) is 17.3 Å². The Morgan fingerprint density at radius 1 is 1.25 bits per heavy atom. The highest BCUT2D eigenvalue weighted by molar-refractivity contribution is 6.31. The highest BCUT2D eigenvalue weighted by Crippen LogP contribution is 2.39. The van der Waals surface area contributed by atoms with Crippen molar-refractivity contribution in [1.82, 2.24) is 0 Å². The van der Waals surface area contributed by atoms with E-state index in [0.29, 0.717) is 17.7 Å². The Labute approximate surface area is 144 Å². The van der Waals surface area contributed by atoms with Gasteiger partial charge in [-0.2, -0.15) is 0 Å². The van der Waals surface area contributed by atoms with E-state index in [1.165, 1.54) is 23.1 Å². The van der Waals surface area contributed by atoms with E-state index >= 15 is 0 Å². The lowest BCUT2D eigenvalue weighted by atomic mass is 9.85. The van der Waals surface area contributed by atoms with Gasteiger partial charge in [0.15, 0.2) is 0 Å². The van der Waals surface area contributed by atoms with Gasteiger partial charge in [-0.1, -0.05) is 29.8 Å². The molecule has 0 aliphatic carbocycles. The molecule has 0 saturated carbocycles. The van der Waals surface area contributed by atoms with E-state index in [-0.39, 0.29) is 16.6 Å². The zero-order chi connectivity index (χ0) is 17.4. The van der Waals surface area contributed by atoms with Gasteiger partial charge in [-0.25, -0.2) is 4.39 Å². The molecule has 124 valence electrons. The molecule has 2 N–H and O–H groups in total. The van der Waals surface area contributed by atoms with Crippen molar-refractivity contribution < 1.29 is 14.0 Å². The van der Waals surface area contributed by atoms with Crippen molar-refractivity contribution in [3.63, 3.8) is 0 Å². The predicted octanol–water partition coefficient (Wildman–Crippen LogP) is 3.49. The van der Waals surface area contributed by atoms with E-state index in [9.17, 15) is 14.0 Å². The summed E-state index contributed by atoms with van der Waals surface area (Å²) in [5.41, 5.74) is 6.66. The van der Waals surface area contributed by atoms with E-state index in [2.05, 4.69) is 0 Å². The van der Waals surface area contributed by atoms with Crippen molar-refractivity contribution in [2.45, 2.75) is 25.3 Å². The molecule has 0 spiro atoms. The molecule has 2 atom stereocenters. The lowest BCUT2D eigenvalue weighted by molar-refractivity contribution is -0.119. The normalized spacial score (nSPS) is 19.7. The Morgan fingerprint density at radius 3 is 2.67 bits per heavy atom. The monoisotopic (exact) mass is 346 g/mol. The molecule has 0 saturated heterocycles.